The van der Waals surface area contributed by atoms with Crippen molar-refractivity contribution in [2.75, 3.05) is 6.54 Å². The summed E-state index contributed by atoms with van der Waals surface area (Å²) in [5.74, 6) is -0.409. The lowest BCUT2D eigenvalue weighted by molar-refractivity contribution is 0.0704. The van der Waals surface area contributed by atoms with Crippen LogP contribution in [0, 0.1) is 5.82 Å². The van der Waals surface area contributed by atoms with Crippen LogP contribution in [-0.2, 0) is 6.42 Å². The Balaban J connectivity index is 1.61. The molecule has 0 saturated carbocycles. The van der Waals surface area contributed by atoms with Gasteiger partial charge in [-0.25, -0.2) is 4.39 Å². The van der Waals surface area contributed by atoms with Crippen LogP contribution in [0.15, 0.2) is 47.2 Å². The van der Waals surface area contributed by atoms with E-state index in [-0.39, 0.29) is 17.8 Å². The van der Waals surface area contributed by atoms with Gasteiger partial charge in [-0.3, -0.25) is 4.79 Å². The lowest BCUT2D eigenvalue weighted by Gasteiger charge is -2.35. The normalized spacial score (nSPS) is 16.7. The van der Waals surface area contributed by atoms with Gasteiger partial charge in [-0.05, 0) is 53.1 Å². The van der Waals surface area contributed by atoms with E-state index in [1.54, 1.807) is 28.7 Å². The average molecular weight is 434 g/mol. The Labute approximate surface area is 172 Å². The predicted octanol–water partition coefficient (Wildman–Crippen LogP) is 6.60. The molecule has 0 fully saturated rings. The number of hydrogen-bond donors (Lipinski definition) is 0. The number of halogens is 2. The zero-order valence-corrected chi connectivity index (χ0v) is 17.2. The van der Waals surface area contributed by atoms with Crippen molar-refractivity contribution >= 4 is 61.6 Å². The van der Waals surface area contributed by atoms with Gasteiger partial charge in [-0.15, -0.1) is 34.0 Å². The highest BCUT2D eigenvalue weighted by atomic mass is 35.5. The molecule has 1 amide bonds. The van der Waals surface area contributed by atoms with Crippen LogP contribution in [0.3, 0.4) is 0 Å². The highest BCUT2D eigenvalue weighted by molar-refractivity contribution is 7.21. The largest absolute Gasteiger partial charge is 0.326 e. The van der Waals surface area contributed by atoms with Gasteiger partial charge in [0.25, 0.3) is 5.91 Å². The van der Waals surface area contributed by atoms with Crippen LogP contribution in [0.5, 0.6) is 0 Å². The summed E-state index contributed by atoms with van der Waals surface area (Å²) in [7, 11) is 0. The molecule has 27 heavy (non-hydrogen) atoms. The second-order valence-corrected chi connectivity index (χ2v) is 9.76. The van der Waals surface area contributed by atoms with Crippen LogP contribution in [0.25, 0.3) is 10.1 Å². The summed E-state index contributed by atoms with van der Waals surface area (Å²) in [6.07, 6.45) is 0.845. The van der Waals surface area contributed by atoms with Crippen molar-refractivity contribution in [3.63, 3.8) is 0 Å². The van der Waals surface area contributed by atoms with Crippen LogP contribution in [0.1, 0.15) is 31.0 Å². The molecule has 0 N–H and O–H groups in total. The third kappa shape index (κ3) is 2.83. The molecule has 3 aromatic heterocycles. The van der Waals surface area contributed by atoms with Crippen LogP contribution in [0.2, 0.25) is 5.02 Å². The smallest absolute Gasteiger partial charge is 0.266 e. The molecular weight excluding hydrogens is 421 g/mol. The Kier molecular flexibility index (Phi) is 4.31. The van der Waals surface area contributed by atoms with Crippen molar-refractivity contribution in [2.24, 2.45) is 0 Å². The molecule has 2 nitrogen and oxygen atoms in total. The summed E-state index contributed by atoms with van der Waals surface area (Å²) in [5, 5.41) is 5.27. The van der Waals surface area contributed by atoms with E-state index in [1.807, 2.05) is 16.3 Å². The third-order valence-electron chi connectivity index (χ3n) is 4.83. The maximum atomic E-state index is 13.6. The Bertz CT molecular complexity index is 1150. The van der Waals surface area contributed by atoms with E-state index in [4.69, 9.17) is 11.6 Å². The topological polar surface area (TPSA) is 20.3 Å². The quantitative estimate of drug-likeness (QED) is 0.348. The second kappa shape index (κ2) is 6.71. The van der Waals surface area contributed by atoms with E-state index in [0.717, 1.165) is 16.7 Å². The Morgan fingerprint density at radius 1 is 1.19 bits per heavy atom. The first-order chi connectivity index (χ1) is 13.1. The molecule has 1 atom stereocenters. The van der Waals surface area contributed by atoms with E-state index in [2.05, 4.69) is 17.5 Å². The number of thiophene rings is 3. The molecule has 0 bridgehead atoms. The highest BCUT2D eigenvalue weighted by Gasteiger charge is 2.35. The summed E-state index contributed by atoms with van der Waals surface area (Å²) in [5.41, 5.74) is 1.20. The van der Waals surface area contributed by atoms with Gasteiger partial charge in [0.15, 0.2) is 0 Å². The minimum absolute atomic E-state index is 0.0862. The summed E-state index contributed by atoms with van der Waals surface area (Å²) in [4.78, 5) is 18.4. The van der Waals surface area contributed by atoms with Crippen molar-refractivity contribution in [1.29, 1.82) is 0 Å². The molecule has 5 rings (SSSR count). The van der Waals surface area contributed by atoms with Crippen molar-refractivity contribution in [3.8, 4) is 0 Å². The molecule has 4 aromatic rings. The first kappa shape index (κ1) is 17.4. The molecule has 0 saturated heterocycles. The fourth-order valence-corrected chi connectivity index (χ4v) is 6.85. The first-order valence-corrected chi connectivity index (χ1v) is 11.4. The number of hydrogen-bond acceptors (Lipinski definition) is 4. The molecule has 0 unspecified atom stereocenters. The lowest BCUT2D eigenvalue weighted by Crippen LogP contribution is -2.39. The number of rotatable bonds is 2. The monoisotopic (exact) mass is 433 g/mol. The lowest BCUT2D eigenvalue weighted by atomic mass is 9.98. The minimum atomic E-state index is -0.322. The van der Waals surface area contributed by atoms with Gasteiger partial charge >= 0.3 is 0 Å². The molecule has 1 aromatic carbocycles. The third-order valence-corrected chi connectivity index (χ3v) is 8.39. The molecule has 1 aliphatic heterocycles. The summed E-state index contributed by atoms with van der Waals surface area (Å²) in [6, 6.07) is 10.6. The van der Waals surface area contributed by atoms with Gasteiger partial charge in [0.05, 0.1) is 11.1 Å². The summed E-state index contributed by atoms with van der Waals surface area (Å²) < 4.78 is 14.3. The number of carbonyl (C=O) groups is 1. The maximum absolute atomic E-state index is 13.6. The SMILES string of the molecule is O=C(c1sc2cc(F)ccc2c1Cl)N1CCc2sccc2[C@H]1c1cccs1. The maximum Gasteiger partial charge on any atom is 0.266 e. The molecular formula is C20H13ClFNOS3. The predicted molar refractivity (Wildman–Crippen MR) is 112 cm³/mol. The fraction of sp³-hybridized carbons (Fsp3) is 0.150. The van der Waals surface area contributed by atoms with Gasteiger partial charge in [0.1, 0.15) is 10.7 Å². The summed E-state index contributed by atoms with van der Waals surface area (Å²) in [6.45, 7) is 0.647. The first-order valence-electron chi connectivity index (χ1n) is 8.41. The van der Waals surface area contributed by atoms with E-state index in [9.17, 15) is 9.18 Å². The molecule has 7 heteroatoms. The minimum Gasteiger partial charge on any atom is -0.326 e. The average Bonchev–Trinajstić information content (AvgIpc) is 3.40. The van der Waals surface area contributed by atoms with Crippen LogP contribution < -0.4 is 0 Å². The Hall–Kier alpha value is -1.73. The van der Waals surface area contributed by atoms with Crippen molar-refractivity contribution in [2.45, 2.75) is 12.5 Å². The van der Waals surface area contributed by atoms with E-state index in [0.29, 0.717) is 21.1 Å². The van der Waals surface area contributed by atoms with Crippen molar-refractivity contribution in [1.82, 2.24) is 4.90 Å². The van der Waals surface area contributed by atoms with Crippen LogP contribution in [0.4, 0.5) is 4.39 Å². The van der Waals surface area contributed by atoms with Crippen molar-refractivity contribution in [3.05, 3.63) is 78.2 Å². The number of benzene rings is 1. The summed E-state index contributed by atoms with van der Waals surface area (Å²) >= 11 is 11.2. The number of nitrogens with zero attached hydrogens (tertiary/aromatic N) is 1. The molecule has 1 aliphatic rings. The van der Waals surface area contributed by atoms with E-state index < -0.39 is 0 Å². The van der Waals surface area contributed by atoms with Gasteiger partial charge in [0, 0.05) is 26.4 Å². The van der Waals surface area contributed by atoms with Crippen molar-refractivity contribution < 1.29 is 9.18 Å². The van der Waals surface area contributed by atoms with Gasteiger partial charge < -0.3 is 4.90 Å². The molecule has 0 radical (unpaired) electrons. The zero-order chi connectivity index (χ0) is 18.5. The Morgan fingerprint density at radius 3 is 2.89 bits per heavy atom. The molecule has 0 spiro atoms. The highest BCUT2D eigenvalue weighted by Crippen LogP contribution is 2.43. The molecule has 0 aliphatic carbocycles. The number of amides is 1. The van der Waals surface area contributed by atoms with Crippen LogP contribution in [-0.4, -0.2) is 17.4 Å². The fourth-order valence-electron chi connectivity index (χ4n) is 3.60. The molecule has 4 heterocycles. The zero-order valence-electron chi connectivity index (χ0n) is 13.9. The van der Waals surface area contributed by atoms with Gasteiger partial charge in [-0.2, -0.15) is 0 Å². The van der Waals surface area contributed by atoms with Gasteiger partial charge in [-0.1, -0.05) is 17.7 Å². The van der Waals surface area contributed by atoms with Crippen LogP contribution >= 0.6 is 45.6 Å². The number of fused-ring (bicyclic) bond motifs is 2. The van der Waals surface area contributed by atoms with E-state index >= 15 is 0 Å². The standard InChI is InChI=1S/C20H13ClFNOS3/c21-17-12-4-3-11(22)10-16(12)27-19(17)20(24)23-7-5-14-13(6-9-26-14)18(23)15-2-1-8-25-15/h1-4,6,8-10,18H,5,7H2/t18-/m0/s1. The van der Waals surface area contributed by atoms with Gasteiger partial charge in [0.2, 0.25) is 0 Å². The Morgan fingerprint density at radius 2 is 2.07 bits per heavy atom. The molecule has 136 valence electrons. The number of carbonyl (C=O) groups excluding carboxylic acids is 1. The second-order valence-electron chi connectivity index (χ2n) is 6.35. The van der Waals surface area contributed by atoms with E-state index in [1.165, 1.54) is 33.9 Å².